The van der Waals surface area contributed by atoms with Gasteiger partial charge in [-0.25, -0.2) is 9.97 Å². The molecule has 0 saturated carbocycles. The zero-order valence-electron chi connectivity index (χ0n) is 14.5. The van der Waals surface area contributed by atoms with E-state index in [9.17, 15) is 4.79 Å². The molecule has 2 aromatic heterocycles. The Morgan fingerprint density at radius 1 is 1.16 bits per heavy atom. The fraction of sp³-hybridized carbons (Fsp3) is 0.316. The number of hydrogen-bond acceptors (Lipinski definition) is 5. The predicted molar refractivity (Wildman–Crippen MR) is 106 cm³/mol. The van der Waals surface area contributed by atoms with Crippen molar-refractivity contribution in [3.8, 4) is 10.7 Å². The maximum atomic E-state index is 12.3. The molecule has 3 aromatic rings. The molecule has 0 bridgehead atoms. The topological polar surface area (TPSA) is 54.9 Å². The van der Waals surface area contributed by atoms with E-state index >= 15 is 0 Å². The van der Waals surface area contributed by atoms with Gasteiger partial charge in [0.2, 0.25) is 5.91 Å². The second-order valence-electron chi connectivity index (χ2n) is 6.25. The van der Waals surface area contributed by atoms with Gasteiger partial charge in [0.1, 0.15) is 5.03 Å². The second kappa shape index (κ2) is 7.97. The van der Waals surface area contributed by atoms with Crippen LogP contribution < -0.4 is 5.32 Å². The molecule has 0 unspecified atom stereocenters. The summed E-state index contributed by atoms with van der Waals surface area (Å²) in [5.74, 6) is 1.19. The molecule has 25 heavy (non-hydrogen) atoms. The van der Waals surface area contributed by atoms with Gasteiger partial charge in [-0.05, 0) is 30.4 Å². The van der Waals surface area contributed by atoms with Crippen molar-refractivity contribution in [1.29, 1.82) is 0 Å². The molecule has 2 heterocycles. The van der Waals surface area contributed by atoms with E-state index in [1.807, 2.05) is 48.7 Å². The first kappa shape index (κ1) is 17.9. The van der Waals surface area contributed by atoms with Crippen molar-refractivity contribution in [2.45, 2.75) is 31.0 Å². The average Bonchev–Trinajstić information content (AvgIpc) is 3.14. The van der Waals surface area contributed by atoms with Crippen molar-refractivity contribution in [1.82, 2.24) is 15.3 Å². The van der Waals surface area contributed by atoms with Crippen LogP contribution in [0.1, 0.15) is 20.8 Å². The van der Waals surface area contributed by atoms with E-state index in [0.29, 0.717) is 18.3 Å². The molecular formula is C19H21N3OS2. The second-order valence-corrected chi connectivity index (χ2v) is 8.52. The SMILES string of the molecule is CC(C)CNC(=O)[C@H](C)Sc1nc(-c2cccs2)nc2ccccc12. The molecule has 0 spiro atoms. The zero-order chi connectivity index (χ0) is 17.8. The van der Waals surface area contributed by atoms with Crippen molar-refractivity contribution >= 4 is 39.9 Å². The van der Waals surface area contributed by atoms with Crippen LogP contribution in [0.2, 0.25) is 0 Å². The summed E-state index contributed by atoms with van der Waals surface area (Å²) in [4.78, 5) is 22.8. The van der Waals surface area contributed by atoms with E-state index < -0.39 is 0 Å². The molecule has 0 aliphatic rings. The number of rotatable bonds is 6. The molecule has 0 radical (unpaired) electrons. The number of carbonyl (C=O) groups is 1. The summed E-state index contributed by atoms with van der Waals surface area (Å²) in [6, 6.07) is 12.0. The fourth-order valence-corrected chi connectivity index (χ4v) is 3.94. The molecule has 0 aliphatic heterocycles. The lowest BCUT2D eigenvalue weighted by atomic mass is 10.2. The Morgan fingerprint density at radius 2 is 1.96 bits per heavy atom. The molecule has 1 N–H and O–H groups in total. The monoisotopic (exact) mass is 371 g/mol. The first-order chi connectivity index (χ1) is 12.0. The smallest absolute Gasteiger partial charge is 0.233 e. The highest BCUT2D eigenvalue weighted by atomic mass is 32.2. The van der Waals surface area contributed by atoms with E-state index in [0.717, 1.165) is 20.8 Å². The lowest BCUT2D eigenvalue weighted by molar-refractivity contribution is -0.120. The van der Waals surface area contributed by atoms with E-state index in [2.05, 4.69) is 24.1 Å². The molecule has 1 aromatic carbocycles. The molecule has 1 atom stereocenters. The number of aromatic nitrogens is 2. The summed E-state index contributed by atoms with van der Waals surface area (Å²) in [7, 11) is 0. The number of fused-ring (bicyclic) bond motifs is 1. The summed E-state index contributed by atoms with van der Waals surface area (Å²) in [5, 5.41) is 6.62. The Hall–Kier alpha value is -1.92. The van der Waals surface area contributed by atoms with Crippen LogP contribution in [0.3, 0.4) is 0 Å². The van der Waals surface area contributed by atoms with Crippen LogP contribution in [0, 0.1) is 5.92 Å². The third-order valence-electron chi connectivity index (χ3n) is 3.65. The summed E-state index contributed by atoms with van der Waals surface area (Å²) in [5.41, 5.74) is 0.901. The summed E-state index contributed by atoms with van der Waals surface area (Å²) in [6.45, 7) is 6.78. The largest absolute Gasteiger partial charge is 0.355 e. The van der Waals surface area contributed by atoms with Crippen molar-refractivity contribution in [3.63, 3.8) is 0 Å². The number of para-hydroxylation sites is 1. The van der Waals surface area contributed by atoms with E-state index in [4.69, 9.17) is 4.98 Å². The van der Waals surface area contributed by atoms with Gasteiger partial charge in [-0.15, -0.1) is 11.3 Å². The van der Waals surface area contributed by atoms with Crippen LogP contribution in [-0.4, -0.2) is 27.7 Å². The van der Waals surface area contributed by atoms with E-state index in [1.165, 1.54) is 11.8 Å². The van der Waals surface area contributed by atoms with Crippen LogP contribution >= 0.6 is 23.1 Å². The summed E-state index contributed by atoms with van der Waals surface area (Å²) in [6.07, 6.45) is 0. The van der Waals surface area contributed by atoms with Crippen molar-refractivity contribution in [2.75, 3.05) is 6.54 Å². The van der Waals surface area contributed by atoms with Gasteiger partial charge in [0.15, 0.2) is 5.82 Å². The van der Waals surface area contributed by atoms with Gasteiger partial charge < -0.3 is 5.32 Å². The highest BCUT2D eigenvalue weighted by Gasteiger charge is 2.18. The average molecular weight is 372 g/mol. The quantitative estimate of drug-likeness (QED) is 0.508. The van der Waals surface area contributed by atoms with Crippen molar-refractivity contribution < 1.29 is 4.79 Å². The number of carbonyl (C=O) groups excluding carboxylic acids is 1. The number of thioether (sulfide) groups is 1. The van der Waals surface area contributed by atoms with Gasteiger partial charge in [0.05, 0.1) is 15.6 Å². The molecule has 0 aliphatic carbocycles. The Labute approximate surface area is 156 Å². The lowest BCUT2D eigenvalue weighted by Gasteiger charge is -2.14. The number of hydrogen-bond donors (Lipinski definition) is 1. The zero-order valence-corrected chi connectivity index (χ0v) is 16.2. The van der Waals surface area contributed by atoms with Crippen LogP contribution in [-0.2, 0) is 4.79 Å². The highest BCUT2D eigenvalue weighted by Crippen LogP contribution is 2.32. The van der Waals surface area contributed by atoms with Crippen LogP contribution in [0.15, 0.2) is 46.8 Å². The van der Waals surface area contributed by atoms with Gasteiger partial charge in [-0.1, -0.05) is 49.9 Å². The number of benzene rings is 1. The molecule has 3 rings (SSSR count). The van der Waals surface area contributed by atoms with E-state index in [1.54, 1.807) is 11.3 Å². The summed E-state index contributed by atoms with van der Waals surface area (Å²) >= 11 is 3.10. The van der Waals surface area contributed by atoms with Crippen LogP contribution in [0.5, 0.6) is 0 Å². The first-order valence-corrected chi connectivity index (χ1v) is 10.1. The third-order valence-corrected chi connectivity index (χ3v) is 5.62. The third kappa shape index (κ3) is 4.38. The van der Waals surface area contributed by atoms with Gasteiger partial charge in [-0.3, -0.25) is 4.79 Å². The minimum Gasteiger partial charge on any atom is -0.355 e. The van der Waals surface area contributed by atoms with Crippen molar-refractivity contribution in [3.05, 3.63) is 41.8 Å². The van der Waals surface area contributed by atoms with Gasteiger partial charge in [0.25, 0.3) is 0 Å². The minimum atomic E-state index is -0.215. The first-order valence-electron chi connectivity index (χ1n) is 8.29. The highest BCUT2D eigenvalue weighted by molar-refractivity contribution is 8.00. The Bertz CT molecular complexity index is 862. The van der Waals surface area contributed by atoms with E-state index in [-0.39, 0.29) is 11.2 Å². The molecule has 0 saturated heterocycles. The Kier molecular flexibility index (Phi) is 5.71. The summed E-state index contributed by atoms with van der Waals surface area (Å²) < 4.78 is 0. The van der Waals surface area contributed by atoms with Gasteiger partial charge in [-0.2, -0.15) is 0 Å². The molecule has 6 heteroatoms. The number of nitrogens with one attached hydrogen (secondary N) is 1. The van der Waals surface area contributed by atoms with Gasteiger partial charge in [0, 0.05) is 11.9 Å². The molecule has 1 amide bonds. The predicted octanol–water partition coefficient (Wildman–Crippen LogP) is 4.61. The molecule has 4 nitrogen and oxygen atoms in total. The standard InChI is InChI=1S/C19H21N3OS2/c1-12(2)11-20-18(23)13(3)25-19-14-7-4-5-8-15(14)21-17(22-19)16-9-6-10-24-16/h4-10,12-13H,11H2,1-3H3,(H,20,23)/t13-/m0/s1. The van der Waals surface area contributed by atoms with Gasteiger partial charge >= 0.3 is 0 Å². The number of thiophene rings is 1. The maximum Gasteiger partial charge on any atom is 0.233 e. The molecular weight excluding hydrogens is 350 g/mol. The Morgan fingerprint density at radius 3 is 2.68 bits per heavy atom. The lowest BCUT2D eigenvalue weighted by Crippen LogP contribution is -2.33. The van der Waals surface area contributed by atoms with Crippen LogP contribution in [0.4, 0.5) is 0 Å². The van der Waals surface area contributed by atoms with Crippen molar-refractivity contribution in [2.24, 2.45) is 5.92 Å². The van der Waals surface area contributed by atoms with Crippen LogP contribution in [0.25, 0.3) is 21.6 Å². The minimum absolute atomic E-state index is 0.0408. The number of nitrogens with zero attached hydrogens (tertiary/aromatic N) is 2. The molecule has 130 valence electrons. The normalized spacial score (nSPS) is 12.5. The Balaban J connectivity index is 1.90. The number of amides is 1. The fourth-order valence-electron chi connectivity index (χ4n) is 2.32. The molecule has 0 fully saturated rings. The maximum absolute atomic E-state index is 12.3.